The van der Waals surface area contributed by atoms with Gasteiger partial charge < -0.3 is 10.5 Å². The van der Waals surface area contributed by atoms with Gasteiger partial charge in [-0.25, -0.2) is 0 Å². The number of aryl methyl sites for hydroxylation is 1. The van der Waals surface area contributed by atoms with Crippen LogP contribution in [0.1, 0.15) is 42.7 Å². The highest BCUT2D eigenvalue weighted by molar-refractivity contribution is 5.62. The molecule has 0 saturated carbocycles. The maximum absolute atomic E-state index is 11.1. The van der Waals surface area contributed by atoms with Crippen LogP contribution in [0.5, 0.6) is 0 Å². The Morgan fingerprint density at radius 1 is 1.31 bits per heavy atom. The maximum Gasteiger partial charge on any atom is 0.127 e. The molecule has 1 aromatic rings. The SMILES string of the molecule is Cc1cccc(C(C=O)CCCCCN)c1. The highest BCUT2D eigenvalue weighted by Gasteiger charge is 2.09. The van der Waals surface area contributed by atoms with Crippen molar-refractivity contribution in [2.75, 3.05) is 6.54 Å². The van der Waals surface area contributed by atoms with E-state index < -0.39 is 0 Å². The summed E-state index contributed by atoms with van der Waals surface area (Å²) in [4.78, 5) is 11.1. The first-order chi connectivity index (χ1) is 7.77. The molecule has 0 aliphatic heterocycles. The summed E-state index contributed by atoms with van der Waals surface area (Å²) in [6.45, 7) is 2.80. The number of carbonyl (C=O) groups is 1. The van der Waals surface area contributed by atoms with Crippen LogP contribution in [0, 0.1) is 6.92 Å². The van der Waals surface area contributed by atoms with Gasteiger partial charge in [0.05, 0.1) is 0 Å². The molecule has 0 amide bonds. The molecule has 0 bridgehead atoms. The van der Waals surface area contributed by atoms with Gasteiger partial charge in [-0.2, -0.15) is 0 Å². The van der Waals surface area contributed by atoms with Crippen molar-refractivity contribution in [1.29, 1.82) is 0 Å². The second-order valence-electron chi connectivity index (χ2n) is 4.29. The van der Waals surface area contributed by atoms with E-state index in [2.05, 4.69) is 19.1 Å². The van der Waals surface area contributed by atoms with Crippen LogP contribution in [0.4, 0.5) is 0 Å². The molecule has 0 radical (unpaired) electrons. The molecule has 0 fully saturated rings. The number of hydrogen-bond donors (Lipinski definition) is 1. The van der Waals surface area contributed by atoms with E-state index >= 15 is 0 Å². The van der Waals surface area contributed by atoms with Crippen LogP contribution in [0.3, 0.4) is 0 Å². The lowest BCUT2D eigenvalue weighted by Crippen LogP contribution is -2.02. The van der Waals surface area contributed by atoms with Gasteiger partial charge in [0.2, 0.25) is 0 Å². The van der Waals surface area contributed by atoms with E-state index in [1.807, 2.05) is 12.1 Å². The van der Waals surface area contributed by atoms with Crippen molar-refractivity contribution < 1.29 is 4.79 Å². The van der Waals surface area contributed by atoms with E-state index in [0.717, 1.165) is 44.1 Å². The Balaban J connectivity index is 2.50. The van der Waals surface area contributed by atoms with E-state index in [9.17, 15) is 4.79 Å². The molecule has 0 aromatic heterocycles. The fourth-order valence-corrected chi connectivity index (χ4v) is 1.90. The average Bonchev–Trinajstić information content (AvgIpc) is 2.29. The summed E-state index contributed by atoms with van der Waals surface area (Å²) >= 11 is 0. The molecule has 0 aliphatic rings. The number of unbranched alkanes of at least 4 members (excludes halogenated alkanes) is 2. The Morgan fingerprint density at radius 3 is 2.75 bits per heavy atom. The van der Waals surface area contributed by atoms with Crippen LogP contribution in [-0.2, 0) is 4.79 Å². The van der Waals surface area contributed by atoms with Gasteiger partial charge in [-0.3, -0.25) is 0 Å². The van der Waals surface area contributed by atoms with E-state index in [0.29, 0.717) is 0 Å². The van der Waals surface area contributed by atoms with Gasteiger partial charge in [-0.05, 0) is 31.9 Å². The molecule has 2 nitrogen and oxygen atoms in total. The van der Waals surface area contributed by atoms with Crippen molar-refractivity contribution in [3.63, 3.8) is 0 Å². The second-order valence-corrected chi connectivity index (χ2v) is 4.29. The summed E-state index contributed by atoms with van der Waals surface area (Å²) in [5.41, 5.74) is 7.79. The molecule has 88 valence electrons. The van der Waals surface area contributed by atoms with Gasteiger partial charge >= 0.3 is 0 Å². The number of nitrogens with two attached hydrogens (primary N) is 1. The van der Waals surface area contributed by atoms with Crippen molar-refractivity contribution in [1.82, 2.24) is 0 Å². The molecule has 16 heavy (non-hydrogen) atoms. The van der Waals surface area contributed by atoms with Crippen molar-refractivity contribution in [3.8, 4) is 0 Å². The Morgan fingerprint density at radius 2 is 2.12 bits per heavy atom. The Hall–Kier alpha value is -1.15. The van der Waals surface area contributed by atoms with E-state index in [4.69, 9.17) is 5.73 Å². The molecule has 2 N–H and O–H groups in total. The Labute approximate surface area is 97.9 Å². The summed E-state index contributed by atoms with van der Waals surface area (Å²) in [5.74, 6) is 0.0534. The van der Waals surface area contributed by atoms with Crippen molar-refractivity contribution >= 4 is 6.29 Å². The minimum Gasteiger partial charge on any atom is -0.330 e. The lowest BCUT2D eigenvalue weighted by atomic mass is 9.93. The quantitative estimate of drug-likeness (QED) is 0.566. The zero-order valence-electron chi connectivity index (χ0n) is 9.99. The van der Waals surface area contributed by atoms with Gasteiger partial charge in [0.1, 0.15) is 6.29 Å². The topological polar surface area (TPSA) is 43.1 Å². The molecule has 1 unspecified atom stereocenters. The lowest BCUT2D eigenvalue weighted by Gasteiger charge is -2.11. The van der Waals surface area contributed by atoms with Gasteiger partial charge in [0.15, 0.2) is 0 Å². The van der Waals surface area contributed by atoms with Crippen LogP contribution < -0.4 is 5.73 Å². The normalized spacial score (nSPS) is 12.4. The minimum atomic E-state index is 0.0534. The van der Waals surface area contributed by atoms with Crippen LogP contribution in [-0.4, -0.2) is 12.8 Å². The number of carbonyl (C=O) groups excluding carboxylic acids is 1. The van der Waals surface area contributed by atoms with Crippen LogP contribution in [0.25, 0.3) is 0 Å². The lowest BCUT2D eigenvalue weighted by molar-refractivity contribution is -0.109. The molecule has 0 aliphatic carbocycles. The first-order valence-corrected chi connectivity index (χ1v) is 6.00. The third kappa shape index (κ3) is 4.15. The number of rotatable bonds is 7. The molecule has 1 atom stereocenters. The predicted molar refractivity (Wildman–Crippen MR) is 67.5 cm³/mol. The van der Waals surface area contributed by atoms with Crippen molar-refractivity contribution in [3.05, 3.63) is 35.4 Å². The molecule has 1 aromatic carbocycles. The number of hydrogen-bond acceptors (Lipinski definition) is 2. The molecule has 2 heteroatoms. The summed E-state index contributed by atoms with van der Waals surface area (Å²) in [5, 5.41) is 0. The third-order valence-corrected chi connectivity index (χ3v) is 2.85. The minimum absolute atomic E-state index is 0.0534. The zero-order chi connectivity index (χ0) is 11.8. The van der Waals surface area contributed by atoms with Gasteiger partial charge in [-0.15, -0.1) is 0 Å². The third-order valence-electron chi connectivity index (χ3n) is 2.85. The first-order valence-electron chi connectivity index (χ1n) is 6.00. The fourth-order valence-electron chi connectivity index (χ4n) is 1.90. The molecular weight excluding hydrogens is 198 g/mol. The van der Waals surface area contributed by atoms with Crippen LogP contribution in [0.2, 0.25) is 0 Å². The highest BCUT2D eigenvalue weighted by atomic mass is 16.1. The molecular formula is C14H21NO. The van der Waals surface area contributed by atoms with Gasteiger partial charge in [0.25, 0.3) is 0 Å². The average molecular weight is 219 g/mol. The maximum atomic E-state index is 11.1. The second kappa shape index (κ2) is 7.18. The van der Waals surface area contributed by atoms with Gasteiger partial charge in [0, 0.05) is 5.92 Å². The Kier molecular flexibility index (Phi) is 5.79. The summed E-state index contributed by atoms with van der Waals surface area (Å²) < 4.78 is 0. The molecule has 0 saturated heterocycles. The zero-order valence-corrected chi connectivity index (χ0v) is 9.99. The largest absolute Gasteiger partial charge is 0.330 e. The van der Waals surface area contributed by atoms with Crippen molar-refractivity contribution in [2.24, 2.45) is 5.73 Å². The van der Waals surface area contributed by atoms with E-state index in [-0.39, 0.29) is 5.92 Å². The summed E-state index contributed by atoms with van der Waals surface area (Å²) in [6.07, 6.45) is 5.25. The summed E-state index contributed by atoms with van der Waals surface area (Å²) in [6, 6.07) is 8.21. The smallest absolute Gasteiger partial charge is 0.127 e. The standard InChI is InChI=1S/C14H21NO/c1-12-6-5-8-13(10-12)14(11-16)7-3-2-4-9-15/h5-6,8,10-11,14H,2-4,7,9,15H2,1H3. The Bertz CT molecular complexity index is 322. The van der Waals surface area contributed by atoms with E-state index in [1.54, 1.807) is 0 Å². The summed E-state index contributed by atoms with van der Waals surface area (Å²) in [7, 11) is 0. The molecule has 0 heterocycles. The van der Waals surface area contributed by atoms with E-state index in [1.165, 1.54) is 5.56 Å². The molecule has 0 spiro atoms. The number of aldehydes is 1. The molecule has 1 rings (SSSR count). The fraction of sp³-hybridized carbons (Fsp3) is 0.500. The van der Waals surface area contributed by atoms with Gasteiger partial charge in [-0.1, -0.05) is 42.7 Å². The van der Waals surface area contributed by atoms with Crippen LogP contribution >= 0.6 is 0 Å². The number of benzene rings is 1. The first kappa shape index (κ1) is 12.9. The predicted octanol–water partition coefficient (Wildman–Crippen LogP) is 2.80. The van der Waals surface area contributed by atoms with Crippen LogP contribution in [0.15, 0.2) is 24.3 Å². The monoisotopic (exact) mass is 219 g/mol. The highest BCUT2D eigenvalue weighted by Crippen LogP contribution is 2.21. The van der Waals surface area contributed by atoms with Crippen molar-refractivity contribution in [2.45, 2.75) is 38.5 Å².